The first kappa shape index (κ1) is 15.6. The smallest absolute Gasteiger partial charge is 0.328 e. The van der Waals surface area contributed by atoms with Crippen LogP contribution in [0.15, 0.2) is 30.3 Å². The maximum atomic E-state index is 12.3. The number of hydrogen-bond acceptors (Lipinski definition) is 3. The van der Waals surface area contributed by atoms with Gasteiger partial charge >= 0.3 is 5.97 Å². The summed E-state index contributed by atoms with van der Waals surface area (Å²) < 4.78 is 5.05. The van der Waals surface area contributed by atoms with Crippen molar-refractivity contribution in [3.8, 4) is 0 Å². The number of ether oxygens (including phenoxy) is 1. The molecule has 0 saturated carbocycles. The number of hydrogen-bond donors (Lipinski definition) is 0. The molecule has 1 aliphatic rings. The van der Waals surface area contributed by atoms with Crippen molar-refractivity contribution >= 4 is 17.2 Å². The van der Waals surface area contributed by atoms with Crippen LogP contribution >= 0.6 is 0 Å². The number of methoxy groups -OCH3 is 1. The van der Waals surface area contributed by atoms with Gasteiger partial charge < -0.3 is 9.64 Å². The first-order chi connectivity index (χ1) is 9.92. The van der Waals surface area contributed by atoms with E-state index >= 15 is 0 Å². The number of rotatable bonds is 4. The molecule has 0 bridgehead atoms. The van der Waals surface area contributed by atoms with Crippen LogP contribution < -0.4 is 4.90 Å². The van der Waals surface area contributed by atoms with E-state index in [1.54, 1.807) is 0 Å². The highest BCUT2D eigenvalue weighted by atomic mass is 16.5. The van der Waals surface area contributed by atoms with Crippen molar-refractivity contribution in [2.75, 3.05) is 12.0 Å². The summed E-state index contributed by atoms with van der Waals surface area (Å²) in [5.74, 6) is -0.160. The Morgan fingerprint density at radius 1 is 1.33 bits per heavy atom. The molecule has 0 amide bonds. The molecule has 0 aromatic heterocycles. The van der Waals surface area contributed by atoms with Crippen LogP contribution in [0, 0.1) is 0 Å². The molecule has 0 N–H and O–H groups in total. The first-order valence-corrected chi connectivity index (χ1v) is 7.58. The van der Waals surface area contributed by atoms with Crippen molar-refractivity contribution in [3.63, 3.8) is 0 Å². The predicted octanol–water partition coefficient (Wildman–Crippen LogP) is 4.03. The van der Waals surface area contributed by atoms with Crippen LogP contribution in [0.5, 0.6) is 0 Å². The highest BCUT2D eigenvalue weighted by Gasteiger charge is 2.39. The molecule has 0 spiro atoms. The molecule has 2 rings (SSSR count). The molecule has 0 radical (unpaired) electrons. The Bertz CT molecular complexity index is 560. The Morgan fingerprint density at radius 3 is 2.62 bits per heavy atom. The fraction of sp³-hybridized carbons (Fsp3) is 0.500. The highest BCUT2D eigenvalue weighted by Crippen LogP contribution is 2.40. The number of anilines is 1. The van der Waals surface area contributed by atoms with E-state index in [-0.39, 0.29) is 17.6 Å². The monoisotopic (exact) mass is 287 g/mol. The third-order valence-corrected chi connectivity index (χ3v) is 4.13. The van der Waals surface area contributed by atoms with Gasteiger partial charge in [0, 0.05) is 11.3 Å². The summed E-state index contributed by atoms with van der Waals surface area (Å²) in [5.41, 5.74) is 3.35. The summed E-state index contributed by atoms with van der Waals surface area (Å²) in [4.78, 5) is 14.5. The number of benzene rings is 1. The van der Waals surface area contributed by atoms with E-state index in [2.05, 4.69) is 50.8 Å². The highest BCUT2D eigenvalue weighted by molar-refractivity contribution is 5.87. The molecular formula is C18H25NO2. The van der Waals surface area contributed by atoms with Crippen LogP contribution in [0.3, 0.4) is 0 Å². The molecule has 3 nitrogen and oxygen atoms in total. The second-order valence-corrected chi connectivity index (χ2v) is 6.20. The largest absolute Gasteiger partial charge is 0.467 e. The van der Waals surface area contributed by atoms with Crippen LogP contribution in [0.25, 0.3) is 5.57 Å². The van der Waals surface area contributed by atoms with Gasteiger partial charge in [-0.1, -0.05) is 37.6 Å². The third kappa shape index (κ3) is 2.82. The van der Waals surface area contributed by atoms with E-state index in [0.717, 1.165) is 18.5 Å². The number of esters is 1. The quantitative estimate of drug-likeness (QED) is 0.783. The molecule has 1 unspecified atom stereocenters. The summed E-state index contributed by atoms with van der Waals surface area (Å²) in [5, 5.41) is 0. The number of carbonyl (C=O) groups excluding carboxylic acids is 1. The molecule has 21 heavy (non-hydrogen) atoms. The van der Waals surface area contributed by atoms with E-state index in [4.69, 9.17) is 4.74 Å². The average molecular weight is 287 g/mol. The summed E-state index contributed by atoms with van der Waals surface area (Å²) >= 11 is 0. The van der Waals surface area contributed by atoms with E-state index in [0.29, 0.717) is 0 Å². The molecule has 0 saturated heterocycles. The van der Waals surface area contributed by atoms with Crippen LogP contribution in [0.4, 0.5) is 5.69 Å². The van der Waals surface area contributed by atoms with Crippen LogP contribution in [0.1, 0.15) is 46.1 Å². The van der Waals surface area contributed by atoms with E-state index in [1.165, 1.54) is 18.2 Å². The fourth-order valence-electron chi connectivity index (χ4n) is 3.34. The van der Waals surface area contributed by atoms with Gasteiger partial charge in [0.1, 0.15) is 6.04 Å². The minimum atomic E-state index is -0.250. The number of carbonyl (C=O) groups is 1. The topological polar surface area (TPSA) is 29.5 Å². The summed E-state index contributed by atoms with van der Waals surface area (Å²) in [6, 6.07) is 8.03. The summed E-state index contributed by atoms with van der Waals surface area (Å²) in [6.45, 7) is 8.53. The Morgan fingerprint density at radius 2 is 2.00 bits per heavy atom. The van der Waals surface area contributed by atoms with Crippen molar-refractivity contribution in [3.05, 3.63) is 35.9 Å². The number of allylic oxidation sites excluding steroid dienone is 1. The lowest BCUT2D eigenvalue weighted by atomic mass is 9.86. The lowest BCUT2D eigenvalue weighted by Gasteiger charge is -2.46. The molecule has 0 fully saturated rings. The first-order valence-electron chi connectivity index (χ1n) is 7.58. The number of fused-ring (bicyclic) bond motifs is 1. The molecule has 1 atom stereocenters. The molecule has 1 aromatic rings. The Balaban J connectivity index is 2.56. The van der Waals surface area contributed by atoms with Crippen molar-refractivity contribution in [2.45, 2.75) is 52.1 Å². The Labute approximate surface area is 127 Å². The predicted molar refractivity (Wildman–Crippen MR) is 87.4 cm³/mol. The molecular weight excluding hydrogens is 262 g/mol. The zero-order chi connectivity index (χ0) is 15.6. The lowest BCUT2D eigenvalue weighted by molar-refractivity contribution is -0.142. The number of nitrogens with zero attached hydrogens (tertiary/aromatic N) is 1. The molecule has 114 valence electrons. The van der Waals surface area contributed by atoms with E-state index in [1.807, 2.05) is 12.1 Å². The van der Waals surface area contributed by atoms with Gasteiger partial charge in [0.2, 0.25) is 0 Å². The Kier molecular flexibility index (Phi) is 4.40. The maximum absolute atomic E-state index is 12.3. The maximum Gasteiger partial charge on any atom is 0.328 e. The molecule has 1 heterocycles. The molecule has 1 aliphatic heterocycles. The second kappa shape index (κ2) is 5.92. The SMILES string of the molecule is CCCC(C(=O)OC)N1c2ccccc2C(C)=CC1(C)C. The van der Waals surface area contributed by atoms with Crippen LogP contribution in [0.2, 0.25) is 0 Å². The van der Waals surface area contributed by atoms with Crippen molar-refractivity contribution < 1.29 is 9.53 Å². The van der Waals surface area contributed by atoms with Gasteiger partial charge in [-0.2, -0.15) is 0 Å². The van der Waals surface area contributed by atoms with Crippen LogP contribution in [-0.4, -0.2) is 24.7 Å². The lowest BCUT2D eigenvalue weighted by Crippen LogP contribution is -2.54. The zero-order valence-corrected chi connectivity index (χ0v) is 13.6. The number of para-hydroxylation sites is 1. The zero-order valence-electron chi connectivity index (χ0n) is 13.6. The molecule has 1 aromatic carbocycles. The van der Waals surface area contributed by atoms with Gasteiger partial charge in [0.25, 0.3) is 0 Å². The van der Waals surface area contributed by atoms with E-state index < -0.39 is 0 Å². The second-order valence-electron chi connectivity index (χ2n) is 6.20. The average Bonchev–Trinajstić information content (AvgIpc) is 2.44. The third-order valence-electron chi connectivity index (χ3n) is 4.13. The van der Waals surface area contributed by atoms with Gasteiger partial charge in [0.05, 0.1) is 12.6 Å². The minimum absolute atomic E-state index is 0.160. The van der Waals surface area contributed by atoms with Crippen molar-refractivity contribution in [2.24, 2.45) is 0 Å². The van der Waals surface area contributed by atoms with Crippen LogP contribution in [-0.2, 0) is 9.53 Å². The molecule has 3 heteroatoms. The van der Waals surface area contributed by atoms with Crippen molar-refractivity contribution in [1.82, 2.24) is 0 Å². The Hall–Kier alpha value is -1.77. The van der Waals surface area contributed by atoms with Crippen molar-refractivity contribution in [1.29, 1.82) is 0 Å². The van der Waals surface area contributed by atoms with Gasteiger partial charge in [-0.05, 0) is 38.8 Å². The van der Waals surface area contributed by atoms with Gasteiger partial charge in [-0.3, -0.25) is 0 Å². The minimum Gasteiger partial charge on any atom is -0.467 e. The summed E-state index contributed by atoms with van der Waals surface area (Å²) in [6.07, 6.45) is 3.97. The molecule has 0 aliphatic carbocycles. The van der Waals surface area contributed by atoms with Gasteiger partial charge in [0.15, 0.2) is 0 Å². The van der Waals surface area contributed by atoms with Gasteiger partial charge in [-0.15, -0.1) is 0 Å². The summed E-state index contributed by atoms with van der Waals surface area (Å²) in [7, 11) is 1.47. The standard InChI is InChI=1S/C18H25NO2/c1-6-9-16(17(20)21-5)19-15-11-8-7-10-14(15)13(2)12-18(19,3)4/h7-8,10-12,16H,6,9H2,1-5H3. The normalized spacial score (nSPS) is 17.8. The fourth-order valence-corrected chi connectivity index (χ4v) is 3.34. The van der Waals surface area contributed by atoms with Gasteiger partial charge in [-0.25, -0.2) is 4.79 Å². The van der Waals surface area contributed by atoms with E-state index in [9.17, 15) is 4.79 Å².